The van der Waals surface area contributed by atoms with E-state index in [1.54, 1.807) is 0 Å². The lowest BCUT2D eigenvalue weighted by Gasteiger charge is -2.31. The van der Waals surface area contributed by atoms with Gasteiger partial charge < -0.3 is 0 Å². The van der Waals surface area contributed by atoms with E-state index >= 15 is 0 Å². The molecular weight excluding hydrogens is 254 g/mol. The Morgan fingerprint density at radius 2 is 1.19 bits per heavy atom. The Kier molecular flexibility index (Phi) is 7.62. The van der Waals surface area contributed by atoms with E-state index < -0.39 is 0 Å². The molecule has 0 aromatic heterocycles. The average molecular weight is 290 g/mol. The van der Waals surface area contributed by atoms with Gasteiger partial charge in [-0.05, 0) is 43.4 Å². The summed E-state index contributed by atoms with van der Waals surface area (Å²) in [5.74, 6) is 3.40. The summed E-state index contributed by atoms with van der Waals surface area (Å²) >= 11 is 0. The van der Waals surface area contributed by atoms with Gasteiger partial charge in [-0.15, -0.1) is 0 Å². The Morgan fingerprint density at radius 1 is 0.714 bits per heavy atom. The van der Waals surface area contributed by atoms with E-state index in [9.17, 15) is 0 Å². The van der Waals surface area contributed by atoms with Crippen LogP contribution in [0.25, 0.3) is 0 Å². The molecule has 1 heteroatoms. The fourth-order valence-corrected chi connectivity index (χ4v) is 4.54. The SMILES string of the molecule is CCCCCC1CCC(CCC2CCC(C#N)CC2)CC1. The molecule has 0 aromatic rings. The molecule has 2 aliphatic rings. The summed E-state index contributed by atoms with van der Waals surface area (Å²) in [6, 6.07) is 2.46. The Bertz CT molecular complexity index is 300. The van der Waals surface area contributed by atoms with Gasteiger partial charge >= 0.3 is 0 Å². The van der Waals surface area contributed by atoms with Crippen LogP contribution in [0.5, 0.6) is 0 Å². The second-order valence-corrected chi connectivity index (χ2v) is 7.81. The van der Waals surface area contributed by atoms with Gasteiger partial charge in [-0.2, -0.15) is 5.26 Å². The Balaban J connectivity index is 1.54. The molecule has 0 amide bonds. The monoisotopic (exact) mass is 289 g/mol. The van der Waals surface area contributed by atoms with Crippen LogP contribution in [0.3, 0.4) is 0 Å². The zero-order valence-electron chi connectivity index (χ0n) is 14.2. The molecule has 120 valence electrons. The maximum Gasteiger partial charge on any atom is 0.0655 e. The maximum atomic E-state index is 8.96. The second-order valence-electron chi connectivity index (χ2n) is 7.81. The van der Waals surface area contributed by atoms with E-state index in [1.165, 1.54) is 89.9 Å². The number of unbranched alkanes of at least 4 members (excludes halogenated alkanes) is 2. The molecule has 0 spiro atoms. The van der Waals surface area contributed by atoms with Gasteiger partial charge in [-0.3, -0.25) is 0 Å². The first-order chi connectivity index (χ1) is 10.3. The highest BCUT2D eigenvalue weighted by atomic mass is 14.3. The largest absolute Gasteiger partial charge is 0.198 e. The maximum absolute atomic E-state index is 8.96. The Labute approximate surface area is 132 Å². The number of rotatable bonds is 7. The van der Waals surface area contributed by atoms with Gasteiger partial charge in [-0.1, -0.05) is 71.1 Å². The fourth-order valence-electron chi connectivity index (χ4n) is 4.54. The first-order valence-electron chi connectivity index (χ1n) is 9.71. The van der Waals surface area contributed by atoms with Crippen LogP contribution in [0.4, 0.5) is 0 Å². The Morgan fingerprint density at radius 3 is 1.67 bits per heavy atom. The van der Waals surface area contributed by atoms with Crippen LogP contribution in [0.1, 0.15) is 96.8 Å². The lowest BCUT2D eigenvalue weighted by molar-refractivity contribution is 0.220. The number of hydrogen-bond acceptors (Lipinski definition) is 1. The van der Waals surface area contributed by atoms with Crippen LogP contribution in [-0.4, -0.2) is 0 Å². The van der Waals surface area contributed by atoms with E-state index in [0.717, 1.165) is 17.8 Å². The molecule has 0 aliphatic heterocycles. The summed E-state index contributed by atoms with van der Waals surface area (Å²) < 4.78 is 0. The van der Waals surface area contributed by atoms with Crippen LogP contribution < -0.4 is 0 Å². The minimum Gasteiger partial charge on any atom is -0.198 e. The summed E-state index contributed by atoms with van der Waals surface area (Å²) in [4.78, 5) is 0. The zero-order chi connectivity index (χ0) is 14.9. The average Bonchev–Trinajstić information content (AvgIpc) is 2.55. The van der Waals surface area contributed by atoms with Crippen LogP contribution >= 0.6 is 0 Å². The lowest BCUT2D eigenvalue weighted by atomic mass is 9.75. The third-order valence-corrected chi connectivity index (χ3v) is 6.19. The van der Waals surface area contributed by atoms with Gasteiger partial charge in [0.25, 0.3) is 0 Å². The molecule has 0 N–H and O–H groups in total. The third-order valence-electron chi connectivity index (χ3n) is 6.19. The van der Waals surface area contributed by atoms with Gasteiger partial charge in [0.15, 0.2) is 0 Å². The van der Waals surface area contributed by atoms with E-state index in [2.05, 4.69) is 13.0 Å². The normalized spacial score (nSPS) is 33.5. The molecule has 0 saturated heterocycles. The molecule has 2 rings (SSSR count). The zero-order valence-corrected chi connectivity index (χ0v) is 14.2. The molecule has 0 heterocycles. The molecule has 0 aromatic carbocycles. The van der Waals surface area contributed by atoms with Gasteiger partial charge in [0.2, 0.25) is 0 Å². The predicted octanol–water partition coefficient (Wildman–Crippen LogP) is 6.48. The number of hydrogen-bond donors (Lipinski definition) is 0. The molecule has 21 heavy (non-hydrogen) atoms. The lowest BCUT2D eigenvalue weighted by Crippen LogP contribution is -2.17. The van der Waals surface area contributed by atoms with Crippen molar-refractivity contribution in [2.45, 2.75) is 96.8 Å². The van der Waals surface area contributed by atoms with Crippen LogP contribution in [0.2, 0.25) is 0 Å². The van der Waals surface area contributed by atoms with E-state index in [-0.39, 0.29) is 0 Å². The van der Waals surface area contributed by atoms with Crippen molar-refractivity contribution in [3.63, 3.8) is 0 Å². The van der Waals surface area contributed by atoms with Crippen molar-refractivity contribution in [3.8, 4) is 6.07 Å². The minimum absolute atomic E-state index is 0.375. The first-order valence-corrected chi connectivity index (χ1v) is 9.71. The topological polar surface area (TPSA) is 23.8 Å². The molecule has 0 bridgehead atoms. The van der Waals surface area contributed by atoms with Crippen molar-refractivity contribution in [2.24, 2.45) is 23.7 Å². The highest BCUT2D eigenvalue weighted by Gasteiger charge is 2.24. The van der Waals surface area contributed by atoms with Gasteiger partial charge in [0.1, 0.15) is 0 Å². The smallest absolute Gasteiger partial charge is 0.0655 e. The minimum atomic E-state index is 0.375. The first kappa shape index (κ1) is 16.9. The molecule has 2 fully saturated rings. The highest BCUT2D eigenvalue weighted by Crippen LogP contribution is 2.37. The van der Waals surface area contributed by atoms with E-state index in [0.29, 0.717) is 5.92 Å². The third kappa shape index (κ3) is 6.01. The standard InChI is InChI=1S/C20H35N/c1-2-3-4-5-17-6-8-18(9-7-17)10-11-19-12-14-20(16-21)15-13-19/h17-20H,2-15H2,1H3. The van der Waals surface area contributed by atoms with Gasteiger partial charge in [-0.25, -0.2) is 0 Å². The molecule has 0 radical (unpaired) electrons. The Hall–Kier alpha value is -0.510. The van der Waals surface area contributed by atoms with Crippen molar-refractivity contribution in [1.29, 1.82) is 5.26 Å². The van der Waals surface area contributed by atoms with Gasteiger partial charge in [0, 0.05) is 5.92 Å². The molecule has 2 aliphatic carbocycles. The van der Waals surface area contributed by atoms with Crippen LogP contribution in [0, 0.1) is 35.0 Å². The quantitative estimate of drug-likeness (QED) is 0.492. The molecule has 0 unspecified atom stereocenters. The van der Waals surface area contributed by atoms with Crippen LogP contribution in [-0.2, 0) is 0 Å². The fraction of sp³-hybridized carbons (Fsp3) is 0.950. The molecule has 2 saturated carbocycles. The molecule has 0 atom stereocenters. The number of nitriles is 1. The van der Waals surface area contributed by atoms with Crippen molar-refractivity contribution < 1.29 is 0 Å². The summed E-state index contributed by atoms with van der Waals surface area (Å²) in [5.41, 5.74) is 0. The van der Waals surface area contributed by atoms with Crippen molar-refractivity contribution >= 4 is 0 Å². The molecular formula is C20H35N. The van der Waals surface area contributed by atoms with Gasteiger partial charge in [0.05, 0.1) is 6.07 Å². The summed E-state index contributed by atoms with van der Waals surface area (Å²) in [5, 5.41) is 8.96. The van der Waals surface area contributed by atoms with Crippen molar-refractivity contribution in [2.75, 3.05) is 0 Å². The number of nitrogens with zero attached hydrogens (tertiary/aromatic N) is 1. The van der Waals surface area contributed by atoms with Crippen molar-refractivity contribution in [3.05, 3.63) is 0 Å². The van der Waals surface area contributed by atoms with E-state index in [4.69, 9.17) is 5.26 Å². The second kappa shape index (κ2) is 9.50. The summed E-state index contributed by atoms with van der Waals surface area (Å²) in [6.45, 7) is 2.31. The van der Waals surface area contributed by atoms with E-state index in [1.807, 2.05) is 0 Å². The van der Waals surface area contributed by atoms with Crippen molar-refractivity contribution in [1.82, 2.24) is 0 Å². The van der Waals surface area contributed by atoms with Crippen LogP contribution in [0.15, 0.2) is 0 Å². The predicted molar refractivity (Wildman–Crippen MR) is 89.9 cm³/mol. The summed E-state index contributed by atoms with van der Waals surface area (Å²) in [6.07, 6.45) is 19.7. The summed E-state index contributed by atoms with van der Waals surface area (Å²) in [7, 11) is 0. The highest BCUT2D eigenvalue weighted by molar-refractivity contribution is 4.87. The molecule has 1 nitrogen and oxygen atoms in total.